The first-order valence-electron chi connectivity index (χ1n) is 14.7. The van der Waals surface area contributed by atoms with Crippen LogP contribution in [0.2, 0.25) is 5.02 Å². The van der Waals surface area contributed by atoms with Gasteiger partial charge >= 0.3 is 0 Å². The number of halogens is 1. The molecule has 4 aromatic carbocycles. The Hall–Kier alpha value is -3.50. The Kier molecular flexibility index (Phi) is 12.2. The van der Waals surface area contributed by atoms with E-state index in [1.54, 1.807) is 0 Å². The fourth-order valence-electron chi connectivity index (χ4n) is 4.66. The molecule has 0 unspecified atom stereocenters. The number of ether oxygens (including phenoxy) is 1. The molecule has 4 nitrogen and oxygen atoms in total. The minimum Gasteiger partial charge on any atom is -0.494 e. The number of hydrogen-bond acceptors (Lipinski definition) is 4. The number of fused-ring (bicyclic) bond motifs is 1. The Labute approximate surface area is 244 Å². The van der Waals surface area contributed by atoms with Crippen LogP contribution in [0.25, 0.3) is 10.8 Å². The SMILES string of the molecule is CCCCCCCCCCCCOc1ccc(C=Nc2ccc(N=Nc3ccc(Cl)cc3)c3ccccc23)cc1. The maximum absolute atomic E-state index is 5.97. The van der Waals surface area contributed by atoms with E-state index < -0.39 is 0 Å². The molecule has 0 atom stereocenters. The highest BCUT2D eigenvalue weighted by molar-refractivity contribution is 6.30. The maximum atomic E-state index is 5.97. The van der Waals surface area contributed by atoms with Gasteiger partial charge in [0.25, 0.3) is 0 Å². The quantitative estimate of drug-likeness (QED) is 0.0772. The van der Waals surface area contributed by atoms with E-state index in [0.29, 0.717) is 5.02 Å². The largest absolute Gasteiger partial charge is 0.494 e. The molecule has 0 N–H and O–H groups in total. The molecule has 4 aromatic rings. The lowest BCUT2D eigenvalue weighted by Gasteiger charge is -2.07. The van der Waals surface area contributed by atoms with E-state index in [1.807, 2.05) is 85.1 Å². The highest BCUT2D eigenvalue weighted by Gasteiger charge is 2.05. The van der Waals surface area contributed by atoms with Gasteiger partial charge in [0.2, 0.25) is 0 Å². The molecule has 0 spiro atoms. The average molecular weight is 554 g/mol. The molecule has 40 heavy (non-hydrogen) atoms. The molecule has 0 fully saturated rings. The number of rotatable bonds is 16. The van der Waals surface area contributed by atoms with Crippen LogP contribution in [0.15, 0.2) is 100 Å². The van der Waals surface area contributed by atoms with Crippen molar-refractivity contribution in [2.75, 3.05) is 6.61 Å². The summed E-state index contributed by atoms with van der Waals surface area (Å²) in [4.78, 5) is 4.78. The van der Waals surface area contributed by atoms with E-state index in [9.17, 15) is 0 Å². The van der Waals surface area contributed by atoms with Gasteiger partial charge in [-0.05, 0) is 72.6 Å². The smallest absolute Gasteiger partial charge is 0.119 e. The molecule has 0 bridgehead atoms. The molecule has 0 aliphatic carbocycles. The molecule has 0 aromatic heterocycles. The van der Waals surface area contributed by atoms with Crippen LogP contribution in [0.4, 0.5) is 17.1 Å². The number of hydrogen-bond donors (Lipinski definition) is 0. The fraction of sp³-hybridized carbons (Fsp3) is 0.343. The summed E-state index contributed by atoms with van der Waals surface area (Å²) in [6.45, 7) is 3.05. The number of benzene rings is 4. The van der Waals surface area contributed by atoms with Crippen LogP contribution in [0.3, 0.4) is 0 Å². The first-order valence-corrected chi connectivity index (χ1v) is 15.1. The van der Waals surface area contributed by atoms with Crippen LogP contribution in [-0.4, -0.2) is 12.8 Å². The van der Waals surface area contributed by atoms with Crippen molar-refractivity contribution in [2.45, 2.75) is 71.1 Å². The van der Waals surface area contributed by atoms with Gasteiger partial charge in [0.1, 0.15) is 5.75 Å². The summed E-state index contributed by atoms with van der Waals surface area (Å²) in [6, 6.07) is 27.5. The summed E-state index contributed by atoms with van der Waals surface area (Å²) in [5.74, 6) is 0.911. The summed E-state index contributed by atoms with van der Waals surface area (Å²) in [7, 11) is 0. The number of azo groups is 1. The van der Waals surface area contributed by atoms with Gasteiger partial charge in [-0.25, -0.2) is 0 Å². The number of unbranched alkanes of at least 4 members (excludes halogenated alkanes) is 9. The molecular weight excluding hydrogens is 514 g/mol. The molecule has 0 radical (unpaired) electrons. The second-order valence-corrected chi connectivity index (χ2v) is 10.6. The molecule has 0 heterocycles. The Morgan fingerprint density at radius 2 is 1.23 bits per heavy atom. The van der Waals surface area contributed by atoms with Crippen molar-refractivity contribution in [1.29, 1.82) is 0 Å². The van der Waals surface area contributed by atoms with Crippen molar-refractivity contribution in [1.82, 2.24) is 0 Å². The summed E-state index contributed by atoms with van der Waals surface area (Å²) in [5, 5.41) is 11.6. The molecule has 0 aliphatic rings. The van der Waals surface area contributed by atoms with Crippen molar-refractivity contribution >= 4 is 45.7 Å². The summed E-state index contributed by atoms with van der Waals surface area (Å²) >= 11 is 5.97. The topological polar surface area (TPSA) is 46.3 Å². The predicted octanol–water partition coefficient (Wildman–Crippen LogP) is 12.0. The van der Waals surface area contributed by atoms with Gasteiger partial charge in [-0.1, -0.05) is 101 Å². The molecule has 0 aliphatic heterocycles. The molecular formula is C35H40ClN3O. The van der Waals surface area contributed by atoms with Crippen molar-refractivity contribution < 1.29 is 4.74 Å². The van der Waals surface area contributed by atoms with Crippen LogP contribution in [0, 0.1) is 0 Å². The van der Waals surface area contributed by atoms with Crippen molar-refractivity contribution in [3.05, 3.63) is 95.5 Å². The molecule has 5 heteroatoms. The number of nitrogens with zero attached hydrogens (tertiary/aromatic N) is 3. The van der Waals surface area contributed by atoms with Gasteiger partial charge in [0.05, 0.1) is 23.7 Å². The van der Waals surface area contributed by atoms with E-state index >= 15 is 0 Å². The van der Waals surface area contributed by atoms with E-state index in [1.165, 1.54) is 57.8 Å². The van der Waals surface area contributed by atoms with E-state index in [0.717, 1.165) is 52.2 Å². The zero-order chi connectivity index (χ0) is 27.8. The second-order valence-electron chi connectivity index (χ2n) is 10.2. The van der Waals surface area contributed by atoms with Gasteiger partial charge in [0.15, 0.2) is 0 Å². The van der Waals surface area contributed by atoms with E-state index in [2.05, 4.69) is 23.2 Å². The lowest BCUT2D eigenvalue weighted by atomic mass is 10.1. The Morgan fingerprint density at radius 1 is 0.625 bits per heavy atom. The third-order valence-electron chi connectivity index (χ3n) is 6.98. The van der Waals surface area contributed by atoms with Crippen LogP contribution in [0.1, 0.15) is 76.7 Å². The van der Waals surface area contributed by atoms with Gasteiger partial charge in [-0.3, -0.25) is 4.99 Å². The van der Waals surface area contributed by atoms with E-state index in [-0.39, 0.29) is 0 Å². The van der Waals surface area contributed by atoms with Crippen LogP contribution >= 0.6 is 11.6 Å². The van der Waals surface area contributed by atoms with Crippen LogP contribution < -0.4 is 4.74 Å². The van der Waals surface area contributed by atoms with Gasteiger partial charge in [-0.2, -0.15) is 5.11 Å². The highest BCUT2D eigenvalue weighted by Crippen LogP contribution is 2.34. The molecule has 208 valence electrons. The zero-order valence-electron chi connectivity index (χ0n) is 23.6. The lowest BCUT2D eigenvalue weighted by Crippen LogP contribution is -1.97. The third kappa shape index (κ3) is 9.60. The van der Waals surface area contributed by atoms with E-state index in [4.69, 9.17) is 21.3 Å². The number of aliphatic imine (C=N–C) groups is 1. The first-order chi connectivity index (χ1) is 19.7. The maximum Gasteiger partial charge on any atom is 0.119 e. The minimum atomic E-state index is 0.679. The van der Waals surface area contributed by atoms with Gasteiger partial charge in [0, 0.05) is 22.0 Å². The molecule has 0 saturated heterocycles. The molecule has 0 saturated carbocycles. The Morgan fingerprint density at radius 3 is 1.90 bits per heavy atom. The lowest BCUT2D eigenvalue weighted by molar-refractivity contribution is 0.304. The van der Waals surface area contributed by atoms with Crippen molar-refractivity contribution in [3.8, 4) is 5.75 Å². The Bertz CT molecular complexity index is 1360. The van der Waals surface area contributed by atoms with Crippen LogP contribution in [0.5, 0.6) is 5.75 Å². The highest BCUT2D eigenvalue weighted by atomic mass is 35.5. The summed E-state index contributed by atoms with van der Waals surface area (Å²) in [6.07, 6.45) is 15.2. The Balaban J connectivity index is 1.26. The predicted molar refractivity (Wildman–Crippen MR) is 171 cm³/mol. The molecule has 0 amide bonds. The second kappa shape index (κ2) is 16.6. The normalized spacial score (nSPS) is 11.7. The van der Waals surface area contributed by atoms with Crippen molar-refractivity contribution in [2.24, 2.45) is 15.2 Å². The van der Waals surface area contributed by atoms with Gasteiger partial charge in [-0.15, -0.1) is 5.11 Å². The molecule has 4 rings (SSSR count). The van der Waals surface area contributed by atoms with Crippen molar-refractivity contribution in [3.63, 3.8) is 0 Å². The first kappa shape index (κ1) is 29.5. The van der Waals surface area contributed by atoms with Crippen LogP contribution in [-0.2, 0) is 0 Å². The fourth-order valence-corrected chi connectivity index (χ4v) is 4.79. The minimum absolute atomic E-state index is 0.679. The summed E-state index contributed by atoms with van der Waals surface area (Å²) < 4.78 is 5.96. The third-order valence-corrected chi connectivity index (χ3v) is 7.23. The standard InChI is InChI=1S/C35H40ClN3O/c1-2-3-4-5-6-7-8-9-10-13-26-40-31-22-16-28(17-23-31)27-37-34-24-25-35(33-15-12-11-14-32(33)34)39-38-30-20-18-29(36)19-21-30/h11-12,14-25,27H,2-10,13,26H2,1H3. The monoisotopic (exact) mass is 553 g/mol. The van der Waals surface area contributed by atoms with Gasteiger partial charge < -0.3 is 4.74 Å². The zero-order valence-corrected chi connectivity index (χ0v) is 24.3. The average Bonchev–Trinajstić information content (AvgIpc) is 2.99. The summed E-state index contributed by atoms with van der Waals surface area (Å²) in [5.41, 5.74) is 3.48.